The van der Waals surface area contributed by atoms with Crippen LogP contribution in [0.1, 0.15) is 29.7 Å². The van der Waals surface area contributed by atoms with Crippen molar-refractivity contribution in [2.24, 2.45) is 0 Å². The van der Waals surface area contributed by atoms with Crippen LogP contribution in [0.25, 0.3) is 0 Å². The van der Waals surface area contributed by atoms with Crippen molar-refractivity contribution in [1.82, 2.24) is 4.90 Å². The van der Waals surface area contributed by atoms with Gasteiger partial charge in [0.05, 0.1) is 27.4 Å². The molecule has 5 nitrogen and oxygen atoms in total. The molecule has 5 heteroatoms. The highest BCUT2D eigenvalue weighted by atomic mass is 16.5. The second-order valence-corrected chi connectivity index (χ2v) is 7.14. The summed E-state index contributed by atoms with van der Waals surface area (Å²) in [6.45, 7) is 3.45. The van der Waals surface area contributed by atoms with E-state index >= 15 is 0 Å². The Kier molecular flexibility index (Phi) is 7.03. The maximum atomic E-state index is 5.55. The van der Waals surface area contributed by atoms with E-state index in [0.29, 0.717) is 12.6 Å². The Hall–Kier alpha value is -2.68. The van der Waals surface area contributed by atoms with Crippen molar-refractivity contribution in [2.45, 2.75) is 32.0 Å². The molecule has 0 aliphatic carbocycles. The van der Waals surface area contributed by atoms with E-state index in [2.05, 4.69) is 47.9 Å². The zero-order valence-electron chi connectivity index (χ0n) is 17.8. The second kappa shape index (κ2) is 9.69. The molecule has 0 amide bonds. The lowest BCUT2D eigenvalue weighted by Gasteiger charge is -2.40. The summed E-state index contributed by atoms with van der Waals surface area (Å²) in [4.78, 5) is 2.43. The Morgan fingerprint density at radius 1 is 0.966 bits per heavy atom. The molecule has 2 aromatic rings. The average Bonchev–Trinajstić information content (AvgIpc) is 2.75. The summed E-state index contributed by atoms with van der Waals surface area (Å²) in [5.74, 6) is 8.92. The molecule has 3 rings (SSSR count). The maximum Gasteiger partial charge on any atom is 0.161 e. The molecular weight excluding hydrogens is 366 g/mol. The first-order chi connectivity index (χ1) is 14.1. The van der Waals surface area contributed by atoms with Gasteiger partial charge in [-0.3, -0.25) is 4.90 Å². The van der Waals surface area contributed by atoms with E-state index in [0.717, 1.165) is 35.8 Å². The van der Waals surface area contributed by atoms with Crippen LogP contribution >= 0.6 is 0 Å². The molecule has 1 aliphatic rings. The Morgan fingerprint density at radius 3 is 2.28 bits per heavy atom. The molecule has 0 saturated carbocycles. The quantitative estimate of drug-likeness (QED) is 0.695. The summed E-state index contributed by atoms with van der Waals surface area (Å²) in [6, 6.07) is 12.6. The predicted octanol–water partition coefficient (Wildman–Crippen LogP) is 3.85. The number of fused-ring (bicyclic) bond motifs is 1. The highest BCUT2D eigenvalue weighted by Gasteiger charge is 2.32. The van der Waals surface area contributed by atoms with E-state index in [9.17, 15) is 0 Å². The minimum atomic E-state index is -0.0502. The Morgan fingerprint density at radius 2 is 1.66 bits per heavy atom. The van der Waals surface area contributed by atoms with Crippen molar-refractivity contribution < 1.29 is 18.9 Å². The number of ether oxygens (including phenoxy) is 4. The zero-order chi connectivity index (χ0) is 20.8. The molecule has 154 valence electrons. The molecule has 0 bridgehead atoms. The zero-order valence-corrected chi connectivity index (χ0v) is 17.8. The number of benzene rings is 2. The lowest BCUT2D eigenvalue weighted by Crippen LogP contribution is -2.41. The van der Waals surface area contributed by atoms with Crippen LogP contribution in [0.15, 0.2) is 36.4 Å². The summed E-state index contributed by atoms with van der Waals surface area (Å²) < 4.78 is 21.5. The van der Waals surface area contributed by atoms with E-state index in [4.69, 9.17) is 18.9 Å². The molecule has 1 aliphatic heterocycles. The summed E-state index contributed by atoms with van der Waals surface area (Å²) in [7, 11) is 6.68. The molecule has 0 spiro atoms. The van der Waals surface area contributed by atoms with Gasteiger partial charge in [0, 0.05) is 19.7 Å². The van der Waals surface area contributed by atoms with Crippen molar-refractivity contribution in [2.75, 3.05) is 35.0 Å². The lowest BCUT2D eigenvalue weighted by atomic mass is 9.87. The Balaban J connectivity index is 2.00. The van der Waals surface area contributed by atoms with Gasteiger partial charge in [0.1, 0.15) is 12.4 Å². The molecule has 2 aromatic carbocycles. The van der Waals surface area contributed by atoms with Gasteiger partial charge in [-0.15, -0.1) is 0 Å². The van der Waals surface area contributed by atoms with Crippen LogP contribution < -0.4 is 14.2 Å². The molecule has 1 heterocycles. The Bertz CT molecular complexity index is 882. The van der Waals surface area contributed by atoms with Gasteiger partial charge < -0.3 is 18.9 Å². The van der Waals surface area contributed by atoms with Gasteiger partial charge in [-0.25, -0.2) is 0 Å². The van der Waals surface area contributed by atoms with Crippen LogP contribution in [0.2, 0.25) is 0 Å². The van der Waals surface area contributed by atoms with Crippen molar-refractivity contribution >= 4 is 0 Å². The first-order valence-electron chi connectivity index (χ1n) is 9.72. The van der Waals surface area contributed by atoms with Crippen molar-refractivity contribution in [1.29, 1.82) is 0 Å². The van der Waals surface area contributed by atoms with Crippen LogP contribution in [0, 0.1) is 11.8 Å². The number of hydrogen-bond donors (Lipinski definition) is 0. The number of nitrogens with zero attached hydrogens (tertiary/aromatic N) is 1. The summed E-state index contributed by atoms with van der Waals surface area (Å²) in [6.07, 6.45) is 0.925. The molecule has 29 heavy (non-hydrogen) atoms. The van der Waals surface area contributed by atoms with Gasteiger partial charge in [0.2, 0.25) is 0 Å². The molecule has 0 radical (unpaired) electrons. The summed E-state index contributed by atoms with van der Waals surface area (Å²) in [5, 5.41) is 0. The van der Waals surface area contributed by atoms with Crippen molar-refractivity contribution in [3.63, 3.8) is 0 Å². The van der Waals surface area contributed by atoms with Gasteiger partial charge in [-0.2, -0.15) is 0 Å². The maximum absolute atomic E-state index is 5.55. The van der Waals surface area contributed by atoms with Gasteiger partial charge in [-0.1, -0.05) is 24.0 Å². The van der Waals surface area contributed by atoms with E-state index in [1.165, 1.54) is 11.1 Å². The third kappa shape index (κ3) is 4.67. The SMILES string of the molecule is COCC#CC1c2cc(OC)c(OC)cc2CC(C)N1Cc1ccc(OC)cc1. The van der Waals surface area contributed by atoms with E-state index < -0.39 is 0 Å². The summed E-state index contributed by atoms with van der Waals surface area (Å²) in [5.41, 5.74) is 3.64. The number of rotatable bonds is 6. The molecular formula is C24H29NO4. The molecule has 0 N–H and O–H groups in total. The minimum Gasteiger partial charge on any atom is -0.497 e. The van der Waals surface area contributed by atoms with Crippen molar-refractivity contribution in [3.8, 4) is 29.1 Å². The molecule has 0 fully saturated rings. The second-order valence-electron chi connectivity index (χ2n) is 7.14. The highest BCUT2D eigenvalue weighted by Crippen LogP contribution is 2.40. The smallest absolute Gasteiger partial charge is 0.161 e. The van der Waals surface area contributed by atoms with Gasteiger partial charge in [0.25, 0.3) is 0 Å². The highest BCUT2D eigenvalue weighted by molar-refractivity contribution is 5.51. The van der Waals surface area contributed by atoms with E-state index in [1.54, 1.807) is 28.4 Å². The first-order valence-corrected chi connectivity index (χ1v) is 9.72. The molecule has 2 atom stereocenters. The van der Waals surface area contributed by atoms with E-state index in [-0.39, 0.29) is 6.04 Å². The topological polar surface area (TPSA) is 40.2 Å². The number of methoxy groups -OCH3 is 4. The van der Waals surface area contributed by atoms with Gasteiger partial charge in [-0.05, 0) is 54.3 Å². The first kappa shape index (κ1) is 21.0. The number of hydrogen-bond acceptors (Lipinski definition) is 5. The monoisotopic (exact) mass is 395 g/mol. The normalized spacial score (nSPS) is 18.4. The fourth-order valence-electron chi connectivity index (χ4n) is 3.80. The van der Waals surface area contributed by atoms with Crippen LogP contribution in [-0.4, -0.2) is 46.0 Å². The Labute approximate surface area is 173 Å². The fraction of sp³-hybridized carbons (Fsp3) is 0.417. The fourth-order valence-corrected chi connectivity index (χ4v) is 3.80. The molecule has 2 unspecified atom stereocenters. The standard InChI is InChI=1S/C24H29NO4/c1-17-13-19-14-23(28-4)24(29-5)15-21(19)22(7-6-12-26-2)25(17)16-18-8-10-20(27-3)11-9-18/h8-11,14-15,17,22H,12-13,16H2,1-5H3. The van der Waals surface area contributed by atoms with Crippen LogP contribution in [0.5, 0.6) is 17.2 Å². The van der Waals surface area contributed by atoms with Gasteiger partial charge in [0.15, 0.2) is 11.5 Å². The predicted molar refractivity (Wildman–Crippen MR) is 114 cm³/mol. The third-order valence-corrected chi connectivity index (χ3v) is 5.33. The van der Waals surface area contributed by atoms with Gasteiger partial charge >= 0.3 is 0 Å². The van der Waals surface area contributed by atoms with Crippen LogP contribution in [0.3, 0.4) is 0 Å². The summed E-state index contributed by atoms with van der Waals surface area (Å²) >= 11 is 0. The largest absolute Gasteiger partial charge is 0.497 e. The average molecular weight is 395 g/mol. The third-order valence-electron chi connectivity index (χ3n) is 5.33. The lowest BCUT2D eigenvalue weighted by molar-refractivity contribution is 0.150. The van der Waals surface area contributed by atoms with E-state index in [1.807, 2.05) is 12.1 Å². The van der Waals surface area contributed by atoms with Crippen LogP contribution in [0.4, 0.5) is 0 Å². The minimum absolute atomic E-state index is 0.0502. The molecule has 0 saturated heterocycles. The van der Waals surface area contributed by atoms with Crippen LogP contribution in [-0.2, 0) is 17.7 Å². The molecule has 0 aromatic heterocycles. The van der Waals surface area contributed by atoms with Crippen molar-refractivity contribution in [3.05, 3.63) is 53.1 Å².